The van der Waals surface area contributed by atoms with E-state index in [1.165, 1.54) is 22.4 Å². The van der Waals surface area contributed by atoms with Crippen molar-refractivity contribution < 1.29 is 10.2 Å². The molecule has 1 saturated carbocycles. The van der Waals surface area contributed by atoms with E-state index in [0.29, 0.717) is 0 Å². The lowest BCUT2D eigenvalue weighted by Gasteiger charge is -2.47. The van der Waals surface area contributed by atoms with Crippen LogP contribution >= 0.6 is 0 Å². The van der Waals surface area contributed by atoms with E-state index >= 15 is 0 Å². The van der Waals surface area contributed by atoms with Gasteiger partial charge in [0, 0.05) is 0 Å². The number of rotatable bonds is 3. The van der Waals surface area contributed by atoms with E-state index in [4.69, 9.17) is 5.10 Å². The Morgan fingerprint density at radius 3 is 2.57 bits per heavy atom. The first kappa shape index (κ1) is 19.1. The summed E-state index contributed by atoms with van der Waals surface area (Å²) in [6, 6.07) is 15.5. The zero-order chi connectivity index (χ0) is 20.9. The van der Waals surface area contributed by atoms with Crippen molar-refractivity contribution in [2.24, 2.45) is 11.3 Å². The Labute approximate surface area is 177 Å². The van der Waals surface area contributed by atoms with Gasteiger partial charge in [-0.1, -0.05) is 42.3 Å². The van der Waals surface area contributed by atoms with Gasteiger partial charge < -0.3 is 10.2 Å². The van der Waals surface area contributed by atoms with Gasteiger partial charge in [-0.05, 0) is 85.4 Å². The van der Waals surface area contributed by atoms with Crippen molar-refractivity contribution in [3.05, 3.63) is 82.7 Å². The van der Waals surface area contributed by atoms with Crippen molar-refractivity contribution in [2.75, 3.05) is 0 Å². The number of aliphatic hydroxyl groups excluding tert-OH is 1. The minimum Gasteiger partial charge on any atom is -0.508 e. The van der Waals surface area contributed by atoms with Crippen LogP contribution in [0.5, 0.6) is 5.75 Å². The number of aromatic hydroxyl groups is 1. The lowest BCUT2D eigenvalue weighted by atomic mass is 9.57. The van der Waals surface area contributed by atoms with Crippen molar-refractivity contribution in [3.8, 4) is 11.4 Å². The van der Waals surface area contributed by atoms with Crippen LogP contribution in [-0.4, -0.2) is 20.0 Å². The second-order valence-corrected chi connectivity index (χ2v) is 9.10. The smallest absolute Gasteiger partial charge is 0.115 e. The van der Waals surface area contributed by atoms with Crippen molar-refractivity contribution >= 4 is 6.08 Å². The number of fused-ring (bicyclic) bond motifs is 2. The molecule has 0 saturated heterocycles. The van der Waals surface area contributed by atoms with E-state index in [2.05, 4.69) is 44.2 Å². The normalized spacial score (nSPS) is 24.0. The number of nitrogens with zero attached hydrogens (tertiary/aromatic N) is 2. The third-order valence-electron chi connectivity index (χ3n) is 7.16. The zero-order valence-electron chi connectivity index (χ0n) is 17.5. The molecular weight excluding hydrogens is 372 g/mol. The Balaban J connectivity index is 1.51. The lowest BCUT2D eigenvalue weighted by molar-refractivity contribution is 0.0217. The summed E-state index contributed by atoms with van der Waals surface area (Å²) in [6.07, 6.45) is 7.79. The van der Waals surface area contributed by atoms with Crippen molar-refractivity contribution in [3.63, 3.8) is 0 Å². The average Bonchev–Trinajstić information content (AvgIpc) is 3.14. The van der Waals surface area contributed by atoms with Gasteiger partial charge in [-0.2, -0.15) is 5.10 Å². The molecule has 0 amide bonds. The Kier molecular flexibility index (Phi) is 4.55. The van der Waals surface area contributed by atoms with E-state index in [0.717, 1.165) is 36.9 Å². The maximum Gasteiger partial charge on any atom is 0.115 e. The molecule has 2 N–H and O–H groups in total. The number of aliphatic hydroxyl groups is 1. The summed E-state index contributed by atoms with van der Waals surface area (Å²) in [7, 11) is 0. The molecule has 1 fully saturated rings. The predicted molar refractivity (Wildman–Crippen MR) is 118 cm³/mol. The highest BCUT2D eigenvalue weighted by Gasteiger charge is 2.46. The molecule has 0 aliphatic heterocycles. The monoisotopic (exact) mass is 400 g/mol. The lowest BCUT2D eigenvalue weighted by Crippen LogP contribution is -2.40. The molecule has 1 aromatic heterocycles. The van der Waals surface area contributed by atoms with Crippen LogP contribution in [-0.2, 0) is 6.42 Å². The summed E-state index contributed by atoms with van der Waals surface area (Å²) in [5.41, 5.74) is 6.93. The summed E-state index contributed by atoms with van der Waals surface area (Å²) in [5.74, 6) is 0.366. The first-order valence-electron chi connectivity index (χ1n) is 10.8. The molecule has 4 heteroatoms. The molecule has 0 spiro atoms. The highest BCUT2D eigenvalue weighted by molar-refractivity contribution is 5.61. The molecule has 4 nitrogen and oxygen atoms in total. The van der Waals surface area contributed by atoms with E-state index in [1.807, 2.05) is 23.0 Å². The van der Waals surface area contributed by atoms with Gasteiger partial charge in [-0.15, -0.1) is 0 Å². The van der Waals surface area contributed by atoms with Crippen LogP contribution in [0.25, 0.3) is 11.8 Å². The van der Waals surface area contributed by atoms with Crippen molar-refractivity contribution in [1.82, 2.24) is 9.78 Å². The van der Waals surface area contributed by atoms with Gasteiger partial charge >= 0.3 is 0 Å². The molecule has 0 radical (unpaired) electrons. The molecule has 3 atom stereocenters. The largest absolute Gasteiger partial charge is 0.508 e. The Morgan fingerprint density at radius 1 is 1.10 bits per heavy atom. The van der Waals surface area contributed by atoms with E-state index < -0.39 is 6.10 Å². The molecule has 3 aromatic rings. The van der Waals surface area contributed by atoms with E-state index in [-0.39, 0.29) is 17.1 Å². The number of phenols is 1. The van der Waals surface area contributed by atoms with Crippen molar-refractivity contribution in [1.29, 1.82) is 0 Å². The molecule has 2 aromatic carbocycles. The van der Waals surface area contributed by atoms with Gasteiger partial charge in [0.1, 0.15) is 5.75 Å². The van der Waals surface area contributed by atoms with Gasteiger partial charge in [-0.3, -0.25) is 0 Å². The topological polar surface area (TPSA) is 58.3 Å². The Hall–Kier alpha value is -2.85. The SMILES string of the molecule is Cc1ccc(-n2ncc3c2C=C2CCCC([C@@H](O)c4ccc(O)cc4)[C@@]2(C)C3)cc1. The fourth-order valence-corrected chi connectivity index (χ4v) is 5.38. The van der Waals surface area contributed by atoms with Crippen LogP contribution in [0.2, 0.25) is 0 Å². The molecule has 5 rings (SSSR count). The molecule has 1 unspecified atom stereocenters. The minimum atomic E-state index is -0.548. The summed E-state index contributed by atoms with van der Waals surface area (Å²) in [4.78, 5) is 0. The standard InChI is InChI=1S/C26H28N2O2/c1-17-6-10-21(11-7-17)28-24-14-20-4-3-5-23(26(20,2)15-19(24)16-27-28)25(30)18-8-12-22(29)13-9-18/h6-14,16,23,25,29-30H,3-5,15H2,1-2H3/t23?,25-,26-/m0/s1. The second kappa shape index (κ2) is 7.13. The van der Waals surface area contributed by atoms with Crippen LogP contribution in [0.1, 0.15) is 54.7 Å². The minimum absolute atomic E-state index is 0.0936. The summed E-state index contributed by atoms with van der Waals surface area (Å²) in [6.45, 7) is 4.40. The van der Waals surface area contributed by atoms with Gasteiger partial charge in [0.25, 0.3) is 0 Å². The van der Waals surface area contributed by atoms with Crippen LogP contribution in [0.15, 0.2) is 60.3 Å². The maximum atomic E-state index is 11.3. The molecule has 0 bridgehead atoms. The van der Waals surface area contributed by atoms with Crippen molar-refractivity contribution in [2.45, 2.75) is 45.6 Å². The van der Waals surface area contributed by atoms with Crippen LogP contribution < -0.4 is 0 Å². The van der Waals surface area contributed by atoms with Gasteiger partial charge in [0.2, 0.25) is 0 Å². The van der Waals surface area contributed by atoms with Gasteiger partial charge in [-0.25, -0.2) is 4.68 Å². The molecule has 1 heterocycles. The molecule has 30 heavy (non-hydrogen) atoms. The van der Waals surface area contributed by atoms with Crippen LogP contribution in [0.4, 0.5) is 0 Å². The number of aromatic nitrogens is 2. The number of benzene rings is 2. The molecular formula is C26H28N2O2. The summed E-state index contributed by atoms with van der Waals surface area (Å²) >= 11 is 0. The molecule has 2 aliphatic carbocycles. The average molecular weight is 401 g/mol. The van der Waals surface area contributed by atoms with Crippen LogP contribution in [0, 0.1) is 18.3 Å². The number of hydrogen-bond acceptors (Lipinski definition) is 3. The Morgan fingerprint density at radius 2 is 1.83 bits per heavy atom. The second-order valence-electron chi connectivity index (χ2n) is 9.10. The van der Waals surface area contributed by atoms with Crippen LogP contribution in [0.3, 0.4) is 0 Å². The maximum absolute atomic E-state index is 11.3. The fraction of sp³-hybridized carbons (Fsp3) is 0.346. The number of hydrogen-bond donors (Lipinski definition) is 2. The number of aryl methyl sites for hydroxylation is 1. The van der Waals surface area contributed by atoms with Gasteiger partial charge in [0.05, 0.1) is 23.7 Å². The number of phenolic OH excluding ortho intramolecular Hbond substituents is 1. The highest BCUT2D eigenvalue weighted by Crippen LogP contribution is 2.54. The van der Waals surface area contributed by atoms with E-state index in [9.17, 15) is 10.2 Å². The summed E-state index contributed by atoms with van der Waals surface area (Å²) in [5, 5.41) is 25.6. The number of allylic oxidation sites excluding steroid dienone is 1. The summed E-state index contributed by atoms with van der Waals surface area (Å²) < 4.78 is 2.04. The fourth-order valence-electron chi connectivity index (χ4n) is 5.38. The molecule has 154 valence electrons. The predicted octanol–water partition coefficient (Wildman–Crippen LogP) is 5.37. The molecule has 2 aliphatic rings. The first-order valence-corrected chi connectivity index (χ1v) is 10.8. The quantitative estimate of drug-likeness (QED) is 0.622. The van der Waals surface area contributed by atoms with Gasteiger partial charge in [0.15, 0.2) is 0 Å². The Bertz CT molecular complexity index is 1100. The third kappa shape index (κ3) is 3.07. The highest BCUT2D eigenvalue weighted by atomic mass is 16.3. The third-order valence-corrected chi connectivity index (χ3v) is 7.16. The zero-order valence-corrected chi connectivity index (χ0v) is 17.5. The first-order chi connectivity index (χ1) is 14.5. The van der Waals surface area contributed by atoms with E-state index in [1.54, 1.807) is 12.1 Å².